The van der Waals surface area contributed by atoms with Crippen LogP contribution < -0.4 is 11.5 Å². The van der Waals surface area contributed by atoms with Gasteiger partial charge in [-0.3, -0.25) is 0 Å². The molecule has 0 fully saturated rings. The molecule has 3 heteroatoms. The highest BCUT2D eigenvalue weighted by Gasteiger charge is 2.19. The molecule has 74 valence electrons. The van der Waals surface area contributed by atoms with Crippen LogP contribution in [0.25, 0.3) is 0 Å². The fraction of sp³-hybridized carbons (Fsp3) is 0.600. The van der Waals surface area contributed by atoms with Gasteiger partial charge in [-0.2, -0.15) is 0 Å². The van der Waals surface area contributed by atoms with Crippen LogP contribution in [0.1, 0.15) is 36.8 Å². The molecule has 1 rings (SSSR count). The molecule has 0 bridgehead atoms. The maximum absolute atomic E-state index is 6.06. The number of rotatable bonds is 3. The molecule has 1 aromatic rings. The van der Waals surface area contributed by atoms with Crippen molar-refractivity contribution in [2.45, 2.75) is 38.8 Å². The van der Waals surface area contributed by atoms with E-state index in [2.05, 4.69) is 18.4 Å². The summed E-state index contributed by atoms with van der Waals surface area (Å²) in [6.45, 7) is 6.11. The van der Waals surface area contributed by atoms with Crippen molar-refractivity contribution < 1.29 is 0 Å². The normalized spacial score (nSPS) is 14.5. The maximum Gasteiger partial charge on any atom is 0.0409 e. The van der Waals surface area contributed by atoms with Crippen LogP contribution >= 0.6 is 11.3 Å². The van der Waals surface area contributed by atoms with Gasteiger partial charge in [-0.15, -0.1) is 11.3 Å². The van der Waals surface area contributed by atoms with E-state index in [-0.39, 0.29) is 11.6 Å². The van der Waals surface area contributed by atoms with Crippen LogP contribution in [0.5, 0.6) is 0 Å². The standard InChI is InChI=1S/C10H18N2S/c1-7-4-5-13-9(7)8(11)6-10(2,3)12/h4-5,8H,6,11-12H2,1-3H3. The molecule has 0 amide bonds. The van der Waals surface area contributed by atoms with Crippen molar-refractivity contribution >= 4 is 11.3 Å². The first kappa shape index (κ1) is 10.7. The first-order valence-electron chi connectivity index (χ1n) is 4.48. The Morgan fingerprint density at radius 3 is 2.54 bits per heavy atom. The Morgan fingerprint density at radius 1 is 1.54 bits per heavy atom. The average molecular weight is 198 g/mol. The lowest BCUT2D eigenvalue weighted by atomic mass is 9.95. The van der Waals surface area contributed by atoms with Crippen molar-refractivity contribution in [3.05, 3.63) is 21.9 Å². The van der Waals surface area contributed by atoms with Crippen LogP contribution in [0, 0.1) is 6.92 Å². The van der Waals surface area contributed by atoms with Gasteiger partial charge < -0.3 is 11.5 Å². The highest BCUT2D eigenvalue weighted by Crippen LogP contribution is 2.27. The van der Waals surface area contributed by atoms with Gasteiger partial charge >= 0.3 is 0 Å². The Balaban J connectivity index is 2.69. The van der Waals surface area contributed by atoms with Crippen molar-refractivity contribution in [3.63, 3.8) is 0 Å². The molecule has 0 saturated carbocycles. The summed E-state index contributed by atoms with van der Waals surface area (Å²) in [5.74, 6) is 0. The first-order chi connectivity index (χ1) is 5.90. The monoisotopic (exact) mass is 198 g/mol. The van der Waals surface area contributed by atoms with E-state index >= 15 is 0 Å². The van der Waals surface area contributed by atoms with Gasteiger partial charge in [0.05, 0.1) is 0 Å². The lowest BCUT2D eigenvalue weighted by Gasteiger charge is -2.22. The molecule has 0 aliphatic carbocycles. The summed E-state index contributed by atoms with van der Waals surface area (Å²) < 4.78 is 0. The van der Waals surface area contributed by atoms with Gasteiger partial charge in [0.25, 0.3) is 0 Å². The second-order valence-corrected chi connectivity index (χ2v) is 5.21. The van der Waals surface area contributed by atoms with E-state index in [1.165, 1.54) is 10.4 Å². The number of hydrogen-bond donors (Lipinski definition) is 2. The summed E-state index contributed by atoms with van der Waals surface area (Å²) >= 11 is 1.72. The highest BCUT2D eigenvalue weighted by molar-refractivity contribution is 7.10. The third kappa shape index (κ3) is 3.10. The summed E-state index contributed by atoms with van der Waals surface area (Å²) in [5.41, 5.74) is 13.1. The zero-order chi connectivity index (χ0) is 10.1. The van der Waals surface area contributed by atoms with Gasteiger partial charge in [0, 0.05) is 16.5 Å². The van der Waals surface area contributed by atoms with E-state index in [9.17, 15) is 0 Å². The third-order valence-corrected chi connectivity index (χ3v) is 3.14. The van der Waals surface area contributed by atoms with Crippen LogP contribution in [0.15, 0.2) is 11.4 Å². The van der Waals surface area contributed by atoms with Crippen LogP contribution in [0.2, 0.25) is 0 Å². The largest absolute Gasteiger partial charge is 0.325 e. The second-order valence-electron chi connectivity index (χ2n) is 4.27. The molecule has 0 spiro atoms. The molecule has 4 N–H and O–H groups in total. The fourth-order valence-electron chi connectivity index (χ4n) is 1.42. The van der Waals surface area contributed by atoms with Gasteiger partial charge in [-0.25, -0.2) is 0 Å². The SMILES string of the molecule is Cc1ccsc1C(N)CC(C)(C)N. The van der Waals surface area contributed by atoms with Gasteiger partial charge in [0.1, 0.15) is 0 Å². The van der Waals surface area contributed by atoms with Crippen LogP contribution in [0.4, 0.5) is 0 Å². The summed E-state index contributed by atoms with van der Waals surface area (Å²) in [4.78, 5) is 1.26. The predicted octanol–water partition coefficient (Wildman–Crippen LogP) is 2.18. The van der Waals surface area contributed by atoms with Crippen molar-refractivity contribution in [1.29, 1.82) is 0 Å². The van der Waals surface area contributed by atoms with E-state index < -0.39 is 0 Å². The minimum absolute atomic E-state index is 0.0833. The van der Waals surface area contributed by atoms with Crippen LogP contribution in [-0.2, 0) is 0 Å². The van der Waals surface area contributed by atoms with E-state index in [1.807, 2.05) is 13.8 Å². The van der Waals surface area contributed by atoms with Crippen LogP contribution in [-0.4, -0.2) is 5.54 Å². The molecule has 0 radical (unpaired) electrons. The Morgan fingerprint density at radius 2 is 2.15 bits per heavy atom. The van der Waals surface area contributed by atoms with Crippen molar-refractivity contribution in [2.24, 2.45) is 11.5 Å². The molecule has 1 atom stereocenters. The van der Waals surface area contributed by atoms with Gasteiger partial charge in [-0.1, -0.05) is 0 Å². The number of hydrogen-bond acceptors (Lipinski definition) is 3. The molecule has 13 heavy (non-hydrogen) atoms. The number of aryl methyl sites for hydroxylation is 1. The topological polar surface area (TPSA) is 52.0 Å². The molecule has 0 aliphatic rings. The summed E-state index contributed by atoms with van der Waals surface area (Å²) in [6.07, 6.45) is 0.828. The quantitative estimate of drug-likeness (QED) is 0.782. The minimum Gasteiger partial charge on any atom is -0.325 e. The highest BCUT2D eigenvalue weighted by atomic mass is 32.1. The van der Waals surface area contributed by atoms with Crippen LogP contribution in [0.3, 0.4) is 0 Å². The number of thiophene rings is 1. The van der Waals surface area contributed by atoms with E-state index in [1.54, 1.807) is 11.3 Å². The van der Waals surface area contributed by atoms with Gasteiger partial charge in [-0.05, 0) is 44.2 Å². The lowest BCUT2D eigenvalue weighted by molar-refractivity contribution is 0.431. The van der Waals surface area contributed by atoms with Crippen molar-refractivity contribution in [3.8, 4) is 0 Å². The Bertz CT molecular complexity index is 273. The molecular formula is C10H18N2S. The Kier molecular flexibility index (Phi) is 3.11. The third-order valence-electron chi connectivity index (χ3n) is 1.98. The molecule has 1 unspecified atom stereocenters. The zero-order valence-electron chi connectivity index (χ0n) is 8.50. The molecule has 0 saturated heterocycles. The molecular weight excluding hydrogens is 180 g/mol. The molecule has 2 nitrogen and oxygen atoms in total. The second kappa shape index (κ2) is 3.78. The van der Waals surface area contributed by atoms with Gasteiger partial charge in [0.15, 0.2) is 0 Å². The van der Waals surface area contributed by atoms with Crippen molar-refractivity contribution in [2.75, 3.05) is 0 Å². The van der Waals surface area contributed by atoms with Gasteiger partial charge in [0.2, 0.25) is 0 Å². The zero-order valence-corrected chi connectivity index (χ0v) is 9.32. The smallest absolute Gasteiger partial charge is 0.0409 e. The molecule has 1 aromatic heterocycles. The summed E-state index contributed by atoms with van der Waals surface area (Å²) in [5, 5.41) is 2.08. The van der Waals surface area contributed by atoms with E-state index in [0.717, 1.165) is 6.42 Å². The summed E-state index contributed by atoms with van der Waals surface area (Å²) in [6, 6.07) is 2.18. The van der Waals surface area contributed by atoms with Crippen molar-refractivity contribution in [1.82, 2.24) is 0 Å². The molecule has 1 heterocycles. The first-order valence-corrected chi connectivity index (χ1v) is 5.36. The van der Waals surface area contributed by atoms with E-state index in [0.29, 0.717) is 0 Å². The van der Waals surface area contributed by atoms with E-state index in [4.69, 9.17) is 11.5 Å². The molecule has 0 aliphatic heterocycles. The maximum atomic E-state index is 6.06. The summed E-state index contributed by atoms with van der Waals surface area (Å²) in [7, 11) is 0. The fourth-order valence-corrected chi connectivity index (χ4v) is 2.35. The number of nitrogens with two attached hydrogens (primary N) is 2. The molecule has 0 aromatic carbocycles. The average Bonchev–Trinajstić information content (AvgIpc) is 2.30. The minimum atomic E-state index is -0.185. The Labute approximate surface area is 83.9 Å². The Hall–Kier alpha value is -0.380. The predicted molar refractivity (Wildman–Crippen MR) is 58.9 cm³/mol. The lowest BCUT2D eigenvalue weighted by Crippen LogP contribution is -2.35.